The van der Waals surface area contributed by atoms with Crippen molar-refractivity contribution in [3.8, 4) is 0 Å². The summed E-state index contributed by atoms with van der Waals surface area (Å²) >= 11 is 1.30. The van der Waals surface area contributed by atoms with Crippen molar-refractivity contribution in [2.75, 3.05) is 45.1 Å². The quantitative estimate of drug-likeness (QED) is 0.750. The van der Waals surface area contributed by atoms with Gasteiger partial charge in [-0.05, 0) is 13.3 Å². The largest absolute Gasteiger partial charge is 0.381 e. The van der Waals surface area contributed by atoms with Crippen LogP contribution < -0.4 is 0 Å². The molecule has 0 aliphatic carbocycles. The summed E-state index contributed by atoms with van der Waals surface area (Å²) in [5.41, 5.74) is 0. The van der Waals surface area contributed by atoms with E-state index in [9.17, 15) is 9.59 Å². The van der Waals surface area contributed by atoms with Gasteiger partial charge in [0.25, 0.3) is 5.24 Å². The molecule has 0 N–H and O–H groups in total. The molecule has 2 fully saturated rings. The van der Waals surface area contributed by atoms with Crippen LogP contribution >= 0.6 is 11.8 Å². The number of hydrogen-bond donors (Lipinski definition) is 0. The molecule has 6 heteroatoms. The highest BCUT2D eigenvalue weighted by molar-refractivity contribution is 8.13. The standard InChI is InChI=1S/C12H20N2O3S/c1-2-13(7-10-3-5-17-9-10)11(15)8-14-4-6-18-12(14)16/h10H,2-9H2,1H3. The van der Waals surface area contributed by atoms with Crippen molar-refractivity contribution in [3.63, 3.8) is 0 Å². The normalized spacial score (nSPS) is 23.7. The molecule has 0 aromatic heterocycles. The van der Waals surface area contributed by atoms with Gasteiger partial charge in [0.1, 0.15) is 6.54 Å². The van der Waals surface area contributed by atoms with Crippen molar-refractivity contribution in [2.45, 2.75) is 13.3 Å². The van der Waals surface area contributed by atoms with Gasteiger partial charge >= 0.3 is 0 Å². The van der Waals surface area contributed by atoms with E-state index in [1.807, 2.05) is 11.8 Å². The van der Waals surface area contributed by atoms with Crippen molar-refractivity contribution in [2.24, 2.45) is 5.92 Å². The Balaban J connectivity index is 1.82. The summed E-state index contributed by atoms with van der Waals surface area (Å²) in [7, 11) is 0. The maximum absolute atomic E-state index is 12.1. The van der Waals surface area contributed by atoms with E-state index in [0.29, 0.717) is 19.0 Å². The Hall–Kier alpha value is -0.750. The smallest absolute Gasteiger partial charge is 0.282 e. The van der Waals surface area contributed by atoms with Gasteiger partial charge in [-0.25, -0.2) is 0 Å². The summed E-state index contributed by atoms with van der Waals surface area (Å²) in [6, 6.07) is 0. The number of ether oxygens (including phenoxy) is 1. The molecule has 2 aliphatic heterocycles. The zero-order valence-corrected chi connectivity index (χ0v) is 11.6. The van der Waals surface area contributed by atoms with Crippen LogP contribution in [0.5, 0.6) is 0 Å². The SMILES string of the molecule is CCN(CC1CCOC1)C(=O)CN1CCSC1=O. The Kier molecular flexibility index (Phi) is 4.88. The Morgan fingerprint density at radius 3 is 3.00 bits per heavy atom. The highest BCUT2D eigenvalue weighted by atomic mass is 32.2. The number of nitrogens with zero attached hydrogens (tertiary/aromatic N) is 2. The highest BCUT2D eigenvalue weighted by Crippen LogP contribution is 2.18. The highest BCUT2D eigenvalue weighted by Gasteiger charge is 2.27. The first-order valence-corrected chi connectivity index (χ1v) is 7.46. The minimum Gasteiger partial charge on any atom is -0.381 e. The summed E-state index contributed by atoms with van der Waals surface area (Å²) < 4.78 is 5.33. The molecule has 0 saturated carbocycles. The molecular formula is C12H20N2O3S. The fourth-order valence-corrected chi connectivity index (χ4v) is 3.10. The third-order valence-corrected chi connectivity index (χ3v) is 4.30. The van der Waals surface area contributed by atoms with Crippen LogP contribution in [0.25, 0.3) is 0 Å². The van der Waals surface area contributed by atoms with E-state index in [1.54, 1.807) is 4.90 Å². The zero-order chi connectivity index (χ0) is 13.0. The lowest BCUT2D eigenvalue weighted by Crippen LogP contribution is -2.42. The number of carbonyl (C=O) groups is 2. The van der Waals surface area contributed by atoms with E-state index >= 15 is 0 Å². The van der Waals surface area contributed by atoms with E-state index in [0.717, 1.165) is 31.9 Å². The fraction of sp³-hybridized carbons (Fsp3) is 0.833. The first kappa shape index (κ1) is 13.7. The van der Waals surface area contributed by atoms with Gasteiger partial charge in [0.05, 0.1) is 6.61 Å². The molecule has 0 radical (unpaired) electrons. The van der Waals surface area contributed by atoms with Crippen molar-refractivity contribution in [1.82, 2.24) is 9.80 Å². The van der Waals surface area contributed by atoms with Crippen LogP contribution in [0.3, 0.4) is 0 Å². The molecule has 1 unspecified atom stereocenters. The summed E-state index contributed by atoms with van der Waals surface area (Å²) in [5.74, 6) is 1.31. The molecule has 18 heavy (non-hydrogen) atoms. The van der Waals surface area contributed by atoms with Crippen molar-refractivity contribution < 1.29 is 14.3 Å². The second kappa shape index (κ2) is 6.43. The summed E-state index contributed by atoms with van der Waals surface area (Å²) in [6.07, 6.45) is 1.03. The number of carbonyl (C=O) groups excluding carboxylic acids is 2. The molecule has 2 aliphatic rings. The van der Waals surface area contributed by atoms with Crippen LogP contribution in [0, 0.1) is 5.92 Å². The van der Waals surface area contributed by atoms with E-state index < -0.39 is 0 Å². The Bertz CT molecular complexity index is 318. The van der Waals surface area contributed by atoms with Crippen LogP contribution in [-0.4, -0.2) is 66.1 Å². The van der Waals surface area contributed by atoms with Gasteiger partial charge in [0.15, 0.2) is 0 Å². The second-order valence-electron chi connectivity index (χ2n) is 4.70. The number of amides is 2. The molecule has 5 nitrogen and oxygen atoms in total. The third kappa shape index (κ3) is 3.38. The number of likely N-dealkylation sites (N-methyl/N-ethyl adjacent to an activating group) is 1. The maximum atomic E-state index is 12.1. The summed E-state index contributed by atoms with van der Waals surface area (Å²) in [6.45, 7) is 5.91. The molecule has 2 rings (SSSR count). The second-order valence-corrected chi connectivity index (χ2v) is 5.74. The van der Waals surface area contributed by atoms with Gasteiger partial charge in [0, 0.05) is 37.9 Å². The van der Waals surface area contributed by atoms with Crippen molar-refractivity contribution in [1.29, 1.82) is 0 Å². The number of hydrogen-bond acceptors (Lipinski definition) is 4. The lowest BCUT2D eigenvalue weighted by atomic mass is 10.1. The zero-order valence-electron chi connectivity index (χ0n) is 10.8. The van der Waals surface area contributed by atoms with Gasteiger partial charge < -0.3 is 14.5 Å². The van der Waals surface area contributed by atoms with Gasteiger partial charge in [-0.15, -0.1) is 0 Å². The molecule has 102 valence electrons. The Morgan fingerprint density at radius 1 is 1.61 bits per heavy atom. The molecule has 0 aromatic carbocycles. The summed E-state index contributed by atoms with van der Waals surface area (Å²) in [4.78, 5) is 27.1. The van der Waals surface area contributed by atoms with E-state index in [4.69, 9.17) is 4.74 Å². The lowest BCUT2D eigenvalue weighted by Gasteiger charge is -2.26. The molecule has 2 heterocycles. The number of rotatable bonds is 5. The van der Waals surface area contributed by atoms with Gasteiger partial charge in [0.2, 0.25) is 5.91 Å². The fourth-order valence-electron chi connectivity index (χ4n) is 2.28. The topological polar surface area (TPSA) is 49.9 Å². The molecule has 0 aromatic rings. The van der Waals surface area contributed by atoms with E-state index in [1.165, 1.54) is 11.8 Å². The first-order chi connectivity index (χ1) is 8.70. The van der Waals surface area contributed by atoms with Crippen LogP contribution in [-0.2, 0) is 9.53 Å². The predicted octanol–water partition coefficient (Wildman–Crippen LogP) is 1.04. The molecular weight excluding hydrogens is 252 g/mol. The van der Waals surface area contributed by atoms with Gasteiger partial charge in [-0.2, -0.15) is 0 Å². The van der Waals surface area contributed by atoms with Crippen molar-refractivity contribution in [3.05, 3.63) is 0 Å². The Labute approximate surface area is 112 Å². The maximum Gasteiger partial charge on any atom is 0.282 e. The summed E-state index contributed by atoms with van der Waals surface area (Å²) in [5, 5.41) is 0.0311. The lowest BCUT2D eigenvalue weighted by molar-refractivity contribution is -0.132. The van der Waals surface area contributed by atoms with Crippen LogP contribution in [0.2, 0.25) is 0 Å². The van der Waals surface area contributed by atoms with Gasteiger partial charge in [-0.1, -0.05) is 11.8 Å². The predicted molar refractivity (Wildman–Crippen MR) is 70.6 cm³/mol. The molecule has 0 spiro atoms. The molecule has 1 atom stereocenters. The Morgan fingerprint density at radius 2 is 2.44 bits per heavy atom. The molecule has 0 bridgehead atoms. The average Bonchev–Trinajstić information content (AvgIpc) is 2.99. The third-order valence-electron chi connectivity index (χ3n) is 3.41. The first-order valence-electron chi connectivity index (χ1n) is 6.48. The molecule has 2 saturated heterocycles. The number of thioether (sulfide) groups is 1. The van der Waals surface area contributed by atoms with Crippen LogP contribution in [0.1, 0.15) is 13.3 Å². The van der Waals surface area contributed by atoms with Crippen LogP contribution in [0.15, 0.2) is 0 Å². The minimum atomic E-state index is 0.0311. The van der Waals surface area contributed by atoms with E-state index in [-0.39, 0.29) is 17.7 Å². The molecule has 2 amide bonds. The van der Waals surface area contributed by atoms with Gasteiger partial charge in [-0.3, -0.25) is 9.59 Å². The van der Waals surface area contributed by atoms with E-state index in [2.05, 4.69) is 0 Å². The monoisotopic (exact) mass is 272 g/mol. The van der Waals surface area contributed by atoms with Crippen LogP contribution in [0.4, 0.5) is 4.79 Å². The minimum absolute atomic E-state index is 0.0311. The van der Waals surface area contributed by atoms with Crippen molar-refractivity contribution >= 4 is 22.9 Å². The average molecular weight is 272 g/mol.